The van der Waals surface area contributed by atoms with Crippen LogP contribution in [0.3, 0.4) is 0 Å². The van der Waals surface area contributed by atoms with E-state index in [4.69, 9.17) is 9.47 Å². The van der Waals surface area contributed by atoms with Crippen molar-refractivity contribution in [3.8, 4) is 0 Å². The van der Waals surface area contributed by atoms with E-state index in [1.807, 2.05) is 0 Å². The lowest BCUT2D eigenvalue weighted by Crippen LogP contribution is -2.12. The lowest BCUT2D eigenvalue weighted by Gasteiger charge is -2.12. The van der Waals surface area contributed by atoms with Crippen LogP contribution in [-0.2, 0) is 9.47 Å². The van der Waals surface area contributed by atoms with Gasteiger partial charge in [0.05, 0.1) is 0 Å². The van der Waals surface area contributed by atoms with Gasteiger partial charge in [-0.1, -0.05) is 56.9 Å². The zero-order valence-electron chi connectivity index (χ0n) is 13.1. The maximum absolute atomic E-state index is 5.16. The minimum atomic E-state index is -0.0159. The Hall–Kier alpha value is -0.600. The lowest BCUT2D eigenvalue weighted by molar-refractivity contribution is -0.107. The molecule has 0 N–H and O–H groups in total. The maximum atomic E-state index is 5.16. The SMILES string of the molecule is CCCC=CC=CCCCCCCCC(OC)OC. The van der Waals surface area contributed by atoms with Crippen molar-refractivity contribution in [3.63, 3.8) is 0 Å². The molecule has 0 aliphatic heterocycles. The van der Waals surface area contributed by atoms with Gasteiger partial charge in [0.15, 0.2) is 6.29 Å². The van der Waals surface area contributed by atoms with Crippen molar-refractivity contribution in [2.45, 2.75) is 71.0 Å². The molecule has 19 heavy (non-hydrogen) atoms. The number of unbranched alkanes of at least 4 members (excludes halogenated alkanes) is 6. The first kappa shape index (κ1) is 18.4. The van der Waals surface area contributed by atoms with Gasteiger partial charge in [-0.3, -0.25) is 0 Å². The molecular formula is C17H32O2. The second kappa shape index (κ2) is 15.5. The predicted octanol–water partition coefficient (Wildman–Crippen LogP) is 5.25. The van der Waals surface area contributed by atoms with E-state index in [0.29, 0.717) is 0 Å². The molecule has 0 spiro atoms. The van der Waals surface area contributed by atoms with Gasteiger partial charge in [-0.05, 0) is 32.1 Å². The number of ether oxygens (including phenoxy) is 2. The van der Waals surface area contributed by atoms with Gasteiger partial charge in [-0.2, -0.15) is 0 Å². The van der Waals surface area contributed by atoms with Crippen LogP contribution >= 0.6 is 0 Å². The van der Waals surface area contributed by atoms with Gasteiger partial charge in [0.2, 0.25) is 0 Å². The van der Waals surface area contributed by atoms with E-state index >= 15 is 0 Å². The molecule has 0 atom stereocenters. The Morgan fingerprint density at radius 2 is 1.37 bits per heavy atom. The van der Waals surface area contributed by atoms with Gasteiger partial charge >= 0.3 is 0 Å². The first-order valence-electron chi connectivity index (χ1n) is 7.72. The molecule has 0 bridgehead atoms. The van der Waals surface area contributed by atoms with E-state index in [0.717, 1.165) is 6.42 Å². The van der Waals surface area contributed by atoms with Crippen LogP contribution in [0.4, 0.5) is 0 Å². The van der Waals surface area contributed by atoms with Crippen molar-refractivity contribution in [2.24, 2.45) is 0 Å². The van der Waals surface area contributed by atoms with Crippen LogP contribution in [0.1, 0.15) is 64.7 Å². The predicted molar refractivity (Wildman–Crippen MR) is 83.3 cm³/mol. The number of hydrogen-bond donors (Lipinski definition) is 0. The Balaban J connectivity index is 3.22. The zero-order valence-corrected chi connectivity index (χ0v) is 13.1. The van der Waals surface area contributed by atoms with E-state index < -0.39 is 0 Å². The van der Waals surface area contributed by atoms with Crippen LogP contribution in [0.25, 0.3) is 0 Å². The lowest BCUT2D eigenvalue weighted by atomic mass is 10.1. The van der Waals surface area contributed by atoms with Gasteiger partial charge in [-0.25, -0.2) is 0 Å². The Kier molecular flexibility index (Phi) is 15.0. The zero-order chi connectivity index (χ0) is 14.2. The maximum Gasteiger partial charge on any atom is 0.156 e. The van der Waals surface area contributed by atoms with Gasteiger partial charge in [0.25, 0.3) is 0 Å². The fourth-order valence-electron chi connectivity index (χ4n) is 1.95. The standard InChI is InChI=1S/C17H32O2/c1-4-5-6-7-8-9-10-11-12-13-14-15-16-17(18-2)19-3/h6-9,17H,4-5,10-16H2,1-3H3. The smallest absolute Gasteiger partial charge is 0.156 e. The third-order valence-electron chi connectivity index (χ3n) is 3.18. The highest BCUT2D eigenvalue weighted by Gasteiger charge is 2.03. The molecule has 0 aliphatic rings. The molecule has 0 aromatic carbocycles. The van der Waals surface area contributed by atoms with Crippen molar-refractivity contribution in [1.82, 2.24) is 0 Å². The van der Waals surface area contributed by atoms with E-state index in [2.05, 4.69) is 31.2 Å². The molecule has 0 aromatic rings. The molecule has 0 radical (unpaired) electrons. The number of hydrogen-bond acceptors (Lipinski definition) is 2. The molecule has 0 rings (SSSR count). The Morgan fingerprint density at radius 1 is 0.789 bits per heavy atom. The van der Waals surface area contributed by atoms with Crippen LogP contribution in [0.2, 0.25) is 0 Å². The molecule has 0 heterocycles. The normalized spacial score (nSPS) is 12.2. The first-order chi connectivity index (χ1) is 9.35. The average Bonchev–Trinajstić information content (AvgIpc) is 2.44. The summed E-state index contributed by atoms with van der Waals surface area (Å²) < 4.78 is 10.3. The Morgan fingerprint density at radius 3 is 2.00 bits per heavy atom. The van der Waals surface area contributed by atoms with Crippen LogP contribution in [0.5, 0.6) is 0 Å². The van der Waals surface area contributed by atoms with Crippen LogP contribution < -0.4 is 0 Å². The Labute approximate surface area is 119 Å². The molecule has 0 aromatic heterocycles. The van der Waals surface area contributed by atoms with Gasteiger partial charge in [-0.15, -0.1) is 0 Å². The van der Waals surface area contributed by atoms with E-state index in [1.165, 1.54) is 51.4 Å². The van der Waals surface area contributed by atoms with Crippen molar-refractivity contribution in [1.29, 1.82) is 0 Å². The highest BCUT2D eigenvalue weighted by molar-refractivity contribution is 5.02. The monoisotopic (exact) mass is 268 g/mol. The summed E-state index contributed by atoms with van der Waals surface area (Å²) in [5.41, 5.74) is 0. The molecule has 0 aliphatic carbocycles. The largest absolute Gasteiger partial charge is 0.356 e. The number of allylic oxidation sites excluding steroid dienone is 4. The molecular weight excluding hydrogens is 236 g/mol. The Bertz CT molecular complexity index is 217. The third kappa shape index (κ3) is 13.6. The van der Waals surface area contributed by atoms with Gasteiger partial charge in [0.1, 0.15) is 0 Å². The molecule has 2 heteroatoms. The van der Waals surface area contributed by atoms with Crippen molar-refractivity contribution in [2.75, 3.05) is 14.2 Å². The van der Waals surface area contributed by atoms with Crippen LogP contribution in [-0.4, -0.2) is 20.5 Å². The molecule has 0 saturated carbocycles. The van der Waals surface area contributed by atoms with Crippen LogP contribution in [0.15, 0.2) is 24.3 Å². The van der Waals surface area contributed by atoms with Crippen molar-refractivity contribution >= 4 is 0 Å². The molecule has 112 valence electrons. The summed E-state index contributed by atoms with van der Waals surface area (Å²) in [6, 6.07) is 0. The summed E-state index contributed by atoms with van der Waals surface area (Å²) in [5.74, 6) is 0. The quantitative estimate of drug-likeness (QED) is 0.258. The van der Waals surface area contributed by atoms with Crippen molar-refractivity contribution in [3.05, 3.63) is 24.3 Å². The third-order valence-corrected chi connectivity index (χ3v) is 3.18. The second-order valence-corrected chi connectivity index (χ2v) is 4.89. The molecule has 2 nitrogen and oxygen atoms in total. The van der Waals surface area contributed by atoms with Crippen LogP contribution in [0, 0.1) is 0 Å². The summed E-state index contributed by atoms with van der Waals surface area (Å²) in [4.78, 5) is 0. The molecule has 0 amide bonds. The molecule has 0 unspecified atom stereocenters. The molecule has 0 saturated heterocycles. The summed E-state index contributed by atoms with van der Waals surface area (Å²) in [5, 5.41) is 0. The first-order valence-corrected chi connectivity index (χ1v) is 7.72. The van der Waals surface area contributed by atoms with Gasteiger partial charge < -0.3 is 9.47 Å². The van der Waals surface area contributed by atoms with E-state index in [-0.39, 0.29) is 6.29 Å². The highest BCUT2D eigenvalue weighted by Crippen LogP contribution is 2.10. The molecule has 0 fully saturated rings. The van der Waals surface area contributed by atoms with E-state index in [1.54, 1.807) is 14.2 Å². The van der Waals surface area contributed by atoms with E-state index in [9.17, 15) is 0 Å². The van der Waals surface area contributed by atoms with Gasteiger partial charge in [0, 0.05) is 14.2 Å². The summed E-state index contributed by atoms with van der Waals surface area (Å²) in [6.45, 7) is 2.20. The minimum Gasteiger partial charge on any atom is -0.356 e. The highest BCUT2D eigenvalue weighted by atomic mass is 16.7. The van der Waals surface area contributed by atoms with Crippen molar-refractivity contribution < 1.29 is 9.47 Å². The summed E-state index contributed by atoms with van der Waals surface area (Å²) >= 11 is 0. The summed E-state index contributed by atoms with van der Waals surface area (Å²) in [6.07, 6.45) is 19.9. The summed E-state index contributed by atoms with van der Waals surface area (Å²) in [7, 11) is 3.41. The fourth-order valence-corrected chi connectivity index (χ4v) is 1.95. The fraction of sp³-hybridized carbons (Fsp3) is 0.765. The average molecular weight is 268 g/mol. The number of methoxy groups -OCH3 is 2. The minimum absolute atomic E-state index is 0.0159. The topological polar surface area (TPSA) is 18.5 Å². The number of rotatable bonds is 13. The second-order valence-electron chi connectivity index (χ2n) is 4.89.